The largest absolute Gasteiger partial charge is 0.384 e. The van der Waals surface area contributed by atoms with E-state index in [-0.39, 0.29) is 11.4 Å². The summed E-state index contributed by atoms with van der Waals surface area (Å²) in [6.07, 6.45) is 0. The molecule has 1 aromatic heterocycles. The molecular formula is C13H16FN3. The summed E-state index contributed by atoms with van der Waals surface area (Å²) in [5.74, 6) is 0.355. The molecule has 0 spiro atoms. The van der Waals surface area contributed by atoms with Crippen LogP contribution in [0.15, 0.2) is 30.3 Å². The van der Waals surface area contributed by atoms with Gasteiger partial charge in [0.15, 0.2) is 0 Å². The summed E-state index contributed by atoms with van der Waals surface area (Å²) in [7, 11) is 0. The van der Waals surface area contributed by atoms with Crippen molar-refractivity contribution in [2.24, 2.45) is 0 Å². The summed E-state index contributed by atoms with van der Waals surface area (Å²) < 4.78 is 14.6. The molecule has 1 heterocycles. The van der Waals surface area contributed by atoms with Crippen LogP contribution in [0.25, 0.3) is 11.3 Å². The third-order valence-electron chi connectivity index (χ3n) is 2.51. The Balaban J connectivity index is 2.45. The Kier molecular flexibility index (Phi) is 2.65. The van der Waals surface area contributed by atoms with Crippen molar-refractivity contribution in [1.82, 2.24) is 9.78 Å². The molecule has 0 unspecified atom stereocenters. The summed E-state index contributed by atoms with van der Waals surface area (Å²) in [6, 6.07) is 8.04. The van der Waals surface area contributed by atoms with Crippen molar-refractivity contribution in [1.29, 1.82) is 0 Å². The van der Waals surface area contributed by atoms with Crippen molar-refractivity contribution in [3.05, 3.63) is 36.1 Å². The summed E-state index contributed by atoms with van der Waals surface area (Å²) >= 11 is 0. The minimum atomic E-state index is -0.253. The van der Waals surface area contributed by atoms with Crippen LogP contribution in [-0.2, 0) is 5.54 Å². The number of halogens is 1. The Morgan fingerprint density at radius 1 is 1.18 bits per heavy atom. The van der Waals surface area contributed by atoms with Crippen LogP contribution in [0, 0.1) is 5.82 Å². The van der Waals surface area contributed by atoms with Gasteiger partial charge in [-0.05, 0) is 45.0 Å². The SMILES string of the molecule is CC(C)(C)n1nc(-c2ccc(F)cc2)cc1N. The number of nitrogens with zero attached hydrogens (tertiary/aromatic N) is 2. The lowest BCUT2D eigenvalue weighted by atomic mass is 10.1. The molecule has 1 aromatic carbocycles. The highest BCUT2D eigenvalue weighted by atomic mass is 19.1. The number of hydrogen-bond donors (Lipinski definition) is 1. The lowest BCUT2D eigenvalue weighted by Crippen LogP contribution is -2.24. The van der Waals surface area contributed by atoms with Crippen LogP contribution >= 0.6 is 0 Å². The molecule has 0 aliphatic rings. The van der Waals surface area contributed by atoms with Crippen LogP contribution in [0.2, 0.25) is 0 Å². The fourth-order valence-electron chi connectivity index (χ4n) is 1.69. The second-order valence-corrected chi connectivity index (χ2v) is 5.04. The minimum Gasteiger partial charge on any atom is -0.384 e. The van der Waals surface area contributed by atoms with Crippen molar-refractivity contribution < 1.29 is 4.39 Å². The van der Waals surface area contributed by atoms with Crippen molar-refractivity contribution >= 4 is 5.82 Å². The van der Waals surface area contributed by atoms with E-state index in [9.17, 15) is 4.39 Å². The van der Waals surface area contributed by atoms with Gasteiger partial charge in [-0.1, -0.05) is 0 Å². The molecule has 4 heteroatoms. The van der Waals surface area contributed by atoms with Gasteiger partial charge in [-0.15, -0.1) is 0 Å². The van der Waals surface area contributed by atoms with Crippen molar-refractivity contribution in [2.45, 2.75) is 26.3 Å². The van der Waals surface area contributed by atoms with Gasteiger partial charge in [-0.25, -0.2) is 9.07 Å². The van der Waals surface area contributed by atoms with Crippen LogP contribution in [-0.4, -0.2) is 9.78 Å². The molecule has 17 heavy (non-hydrogen) atoms. The smallest absolute Gasteiger partial charge is 0.123 e. The van der Waals surface area contributed by atoms with Crippen LogP contribution in [0.1, 0.15) is 20.8 Å². The molecule has 3 nitrogen and oxygen atoms in total. The molecular weight excluding hydrogens is 217 g/mol. The van der Waals surface area contributed by atoms with Gasteiger partial charge in [-0.2, -0.15) is 5.10 Å². The predicted octanol–water partition coefficient (Wildman–Crippen LogP) is 3.03. The molecule has 0 radical (unpaired) electrons. The fourth-order valence-corrected chi connectivity index (χ4v) is 1.69. The number of nitrogen functional groups attached to an aromatic ring is 1. The molecule has 0 fully saturated rings. The Hall–Kier alpha value is -1.84. The average Bonchev–Trinajstić information content (AvgIpc) is 2.61. The normalized spacial score (nSPS) is 11.8. The second-order valence-electron chi connectivity index (χ2n) is 5.04. The number of hydrogen-bond acceptors (Lipinski definition) is 2. The van der Waals surface area contributed by atoms with E-state index in [1.54, 1.807) is 22.9 Å². The summed E-state index contributed by atoms with van der Waals surface area (Å²) in [4.78, 5) is 0. The zero-order chi connectivity index (χ0) is 12.6. The molecule has 2 rings (SSSR count). The van der Waals surface area contributed by atoms with Crippen LogP contribution < -0.4 is 5.73 Å². The van der Waals surface area contributed by atoms with Crippen LogP contribution in [0.4, 0.5) is 10.2 Å². The molecule has 2 N–H and O–H groups in total. The summed E-state index contributed by atoms with van der Waals surface area (Å²) in [5.41, 5.74) is 7.38. The van der Waals surface area contributed by atoms with E-state index < -0.39 is 0 Å². The first-order valence-corrected chi connectivity index (χ1v) is 5.50. The van der Waals surface area contributed by atoms with Crippen molar-refractivity contribution in [3.8, 4) is 11.3 Å². The van der Waals surface area contributed by atoms with Gasteiger partial charge in [0, 0.05) is 11.6 Å². The van der Waals surface area contributed by atoms with E-state index in [0.717, 1.165) is 11.3 Å². The lowest BCUT2D eigenvalue weighted by Gasteiger charge is -2.20. The minimum absolute atomic E-state index is 0.164. The maximum absolute atomic E-state index is 12.8. The van der Waals surface area contributed by atoms with Crippen LogP contribution in [0.5, 0.6) is 0 Å². The monoisotopic (exact) mass is 233 g/mol. The highest BCUT2D eigenvalue weighted by molar-refractivity contribution is 5.62. The third-order valence-corrected chi connectivity index (χ3v) is 2.51. The van der Waals surface area contributed by atoms with E-state index >= 15 is 0 Å². The summed E-state index contributed by atoms with van der Waals surface area (Å²) in [6.45, 7) is 6.10. The molecule has 0 aliphatic heterocycles. The topological polar surface area (TPSA) is 43.8 Å². The van der Waals surface area contributed by atoms with E-state index in [4.69, 9.17) is 5.73 Å². The number of nitrogens with two attached hydrogens (primary N) is 1. The van der Waals surface area contributed by atoms with Crippen molar-refractivity contribution in [2.75, 3.05) is 5.73 Å². The molecule has 0 bridgehead atoms. The van der Waals surface area contributed by atoms with Gasteiger partial charge in [-0.3, -0.25) is 0 Å². The Labute approximate surface area is 100 Å². The van der Waals surface area contributed by atoms with Gasteiger partial charge >= 0.3 is 0 Å². The predicted molar refractivity (Wildman–Crippen MR) is 67.0 cm³/mol. The highest BCUT2D eigenvalue weighted by Gasteiger charge is 2.18. The first-order valence-electron chi connectivity index (χ1n) is 5.50. The number of aromatic nitrogens is 2. The van der Waals surface area contributed by atoms with Crippen molar-refractivity contribution in [3.63, 3.8) is 0 Å². The third kappa shape index (κ3) is 2.30. The molecule has 0 atom stereocenters. The average molecular weight is 233 g/mol. The highest BCUT2D eigenvalue weighted by Crippen LogP contribution is 2.25. The Morgan fingerprint density at radius 2 is 1.76 bits per heavy atom. The number of benzene rings is 1. The van der Waals surface area contributed by atoms with E-state index in [1.165, 1.54) is 12.1 Å². The molecule has 0 saturated heterocycles. The zero-order valence-corrected chi connectivity index (χ0v) is 10.2. The van der Waals surface area contributed by atoms with E-state index in [2.05, 4.69) is 5.10 Å². The molecule has 2 aromatic rings. The molecule has 0 saturated carbocycles. The van der Waals surface area contributed by atoms with E-state index in [1.807, 2.05) is 20.8 Å². The van der Waals surface area contributed by atoms with Gasteiger partial charge in [0.25, 0.3) is 0 Å². The van der Waals surface area contributed by atoms with E-state index in [0.29, 0.717) is 5.82 Å². The quantitative estimate of drug-likeness (QED) is 0.822. The standard InChI is InChI=1S/C13H16FN3/c1-13(2,3)17-12(15)8-11(16-17)9-4-6-10(14)7-5-9/h4-8H,15H2,1-3H3. The van der Waals surface area contributed by atoms with Gasteiger partial charge in [0.1, 0.15) is 11.6 Å². The van der Waals surface area contributed by atoms with Gasteiger partial charge in [0.05, 0.1) is 11.2 Å². The molecule has 0 aliphatic carbocycles. The second kappa shape index (κ2) is 3.87. The maximum atomic E-state index is 12.8. The first kappa shape index (κ1) is 11.6. The summed E-state index contributed by atoms with van der Waals surface area (Å²) in [5, 5.41) is 4.45. The maximum Gasteiger partial charge on any atom is 0.123 e. The molecule has 90 valence electrons. The lowest BCUT2D eigenvalue weighted by molar-refractivity contribution is 0.362. The van der Waals surface area contributed by atoms with Crippen LogP contribution in [0.3, 0.4) is 0 Å². The van der Waals surface area contributed by atoms with Gasteiger partial charge in [0.2, 0.25) is 0 Å². The Bertz CT molecular complexity index is 521. The molecule has 0 amide bonds. The fraction of sp³-hybridized carbons (Fsp3) is 0.308. The number of rotatable bonds is 1. The first-order chi connectivity index (χ1) is 7.88. The zero-order valence-electron chi connectivity index (χ0n) is 10.2. The Morgan fingerprint density at radius 3 is 2.24 bits per heavy atom. The van der Waals surface area contributed by atoms with Gasteiger partial charge < -0.3 is 5.73 Å². The number of anilines is 1.